The molecule has 0 radical (unpaired) electrons. The summed E-state index contributed by atoms with van der Waals surface area (Å²) < 4.78 is 11.7. The molecular formula is C24H43NO2. The Labute approximate surface area is 168 Å². The largest absolute Gasteiger partial charge is 0.494 e. The minimum atomic E-state index is 0.128. The average Bonchev–Trinajstić information content (AvgIpc) is 3.35. The lowest BCUT2D eigenvalue weighted by Crippen LogP contribution is -2.45. The van der Waals surface area contributed by atoms with Crippen LogP contribution < -0.4 is 5.32 Å². The van der Waals surface area contributed by atoms with Crippen molar-refractivity contribution in [3.8, 4) is 0 Å². The van der Waals surface area contributed by atoms with E-state index in [4.69, 9.17) is 9.47 Å². The molecule has 1 saturated heterocycles. The lowest BCUT2D eigenvalue weighted by Gasteiger charge is -2.35. The molecule has 0 spiro atoms. The summed E-state index contributed by atoms with van der Waals surface area (Å²) in [5.41, 5.74) is 0.504. The third-order valence-corrected chi connectivity index (χ3v) is 5.95. The van der Waals surface area contributed by atoms with Gasteiger partial charge in [0.05, 0.1) is 12.7 Å². The van der Waals surface area contributed by atoms with Crippen molar-refractivity contribution >= 4 is 0 Å². The summed E-state index contributed by atoms with van der Waals surface area (Å²) in [7, 11) is 0. The maximum absolute atomic E-state index is 5.92. The first-order valence-electron chi connectivity index (χ1n) is 11.2. The van der Waals surface area contributed by atoms with Gasteiger partial charge in [-0.15, -0.1) is 0 Å². The van der Waals surface area contributed by atoms with E-state index in [0.717, 1.165) is 25.2 Å². The van der Waals surface area contributed by atoms with Crippen LogP contribution in [-0.2, 0) is 9.47 Å². The molecule has 1 fully saturated rings. The molecule has 3 atom stereocenters. The Morgan fingerprint density at radius 1 is 1.19 bits per heavy atom. The van der Waals surface area contributed by atoms with E-state index >= 15 is 0 Å². The second-order valence-corrected chi connectivity index (χ2v) is 9.90. The quantitative estimate of drug-likeness (QED) is 0.402. The molecule has 1 N–H and O–H groups in total. The maximum atomic E-state index is 5.92. The van der Waals surface area contributed by atoms with Crippen LogP contribution in [0.15, 0.2) is 24.0 Å². The van der Waals surface area contributed by atoms with Crippen molar-refractivity contribution in [2.24, 2.45) is 11.3 Å². The molecule has 2 rings (SSSR count). The molecule has 0 aromatic carbocycles. The summed E-state index contributed by atoms with van der Waals surface area (Å²) in [6, 6.07) is 0. The summed E-state index contributed by atoms with van der Waals surface area (Å²) in [5, 5.41) is 3.73. The van der Waals surface area contributed by atoms with Crippen LogP contribution in [0.4, 0.5) is 0 Å². The maximum Gasteiger partial charge on any atom is 0.135 e. The van der Waals surface area contributed by atoms with Gasteiger partial charge < -0.3 is 9.47 Å². The standard InChI is InChI=1S/C24H43NO2/c1-7-17-26-20-13-9-11-19(15-16-20)12-10-14-21-22(27-21)25-24(5,6)18-23(3,4)8-2/h13,15-16,19,21-22,25H,7-12,14,17-18H2,1-6H3. The van der Waals surface area contributed by atoms with Gasteiger partial charge in [-0.1, -0.05) is 46.6 Å². The lowest BCUT2D eigenvalue weighted by molar-refractivity contribution is 0.193. The van der Waals surface area contributed by atoms with E-state index in [0.29, 0.717) is 17.4 Å². The van der Waals surface area contributed by atoms with Gasteiger partial charge in [0.25, 0.3) is 0 Å². The van der Waals surface area contributed by atoms with E-state index in [1.165, 1.54) is 38.5 Å². The third kappa shape index (κ3) is 8.39. The lowest BCUT2D eigenvalue weighted by atomic mass is 9.78. The number of allylic oxidation sites excluding steroid dienone is 3. The van der Waals surface area contributed by atoms with Gasteiger partial charge in [0.15, 0.2) is 0 Å². The molecule has 3 heteroatoms. The molecule has 27 heavy (non-hydrogen) atoms. The molecule has 0 bridgehead atoms. The van der Waals surface area contributed by atoms with E-state index < -0.39 is 0 Å². The first-order valence-corrected chi connectivity index (χ1v) is 11.2. The van der Waals surface area contributed by atoms with Crippen molar-refractivity contribution in [3.05, 3.63) is 24.0 Å². The van der Waals surface area contributed by atoms with Crippen molar-refractivity contribution in [2.75, 3.05) is 6.61 Å². The summed E-state index contributed by atoms with van der Waals surface area (Å²) in [5.74, 6) is 1.74. The van der Waals surface area contributed by atoms with Gasteiger partial charge in [0.2, 0.25) is 0 Å². The molecule has 1 aliphatic heterocycles. The Morgan fingerprint density at radius 2 is 1.96 bits per heavy atom. The van der Waals surface area contributed by atoms with Crippen LogP contribution in [0.3, 0.4) is 0 Å². The third-order valence-electron chi connectivity index (χ3n) is 5.95. The van der Waals surface area contributed by atoms with E-state index in [2.05, 4.69) is 65.1 Å². The Morgan fingerprint density at radius 3 is 2.67 bits per heavy atom. The predicted octanol–water partition coefficient (Wildman–Crippen LogP) is 6.35. The fourth-order valence-electron chi connectivity index (χ4n) is 4.23. The van der Waals surface area contributed by atoms with Gasteiger partial charge in [-0.25, -0.2) is 0 Å². The molecule has 0 aromatic heterocycles. The van der Waals surface area contributed by atoms with Gasteiger partial charge >= 0.3 is 0 Å². The van der Waals surface area contributed by atoms with Crippen LogP contribution in [0, 0.1) is 11.3 Å². The van der Waals surface area contributed by atoms with Crippen molar-refractivity contribution in [1.29, 1.82) is 0 Å². The predicted molar refractivity (Wildman–Crippen MR) is 115 cm³/mol. The average molecular weight is 378 g/mol. The van der Waals surface area contributed by atoms with E-state index in [1.807, 2.05) is 0 Å². The Bertz CT molecular complexity index is 507. The Hall–Kier alpha value is -0.800. The number of hydrogen-bond acceptors (Lipinski definition) is 3. The molecule has 156 valence electrons. The zero-order valence-corrected chi connectivity index (χ0v) is 18.6. The Kier molecular flexibility index (Phi) is 8.42. The van der Waals surface area contributed by atoms with Gasteiger partial charge in [-0.2, -0.15) is 0 Å². The molecule has 0 aromatic rings. The zero-order chi connectivity index (χ0) is 19.9. The molecule has 2 aliphatic rings. The topological polar surface area (TPSA) is 33.8 Å². The highest BCUT2D eigenvalue weighted by Gasteiger charge is 2.42. The molecule has 0 saturated carbocycles. The molecule has 1 heterocycles. The number of rotatable bonds is 12. The monoisotopic (exact) mass is 377 g/mol. The Balaban J connectivity index is 1.64. The minimum Gasteiger partial charge on any atom is -0.494 e. The summed E-state index contributed by atoms with van der Waals surface area (Å²) >= 11 is 0. The van der Waals surface area contributed by atoms with Gasteiger partial charge in [-0.05, 0) is 75.9 Å². The molecule has 0 amide bonds. The second kappa shape index (κ2) is 10.1. The van der Waals surface area contributed by atoms with Gasteiger partial charge in [0.1, 0.15) is 12.0 Å². The fraction of sp³-hybridized carbons (Fsp3) is 0.833. The second-order valence-electron chi connectivity index (χ2n) is 9.90. The molecule has 1 aliphatic carbocycles. The summed E-state index contributed by atoms with van der Waals surface area (Å²) in [4.78, 5) is 0. The van der Waals surface area contributed by atoms with Gasteiger partial charge in [-0.3, -0.25) is 5.32 Å². The SMILES string of the molecule is CCCOC1=CCCC(CCCC2OC2NC(C)(C)CC(C)(C)CC)C=C1. The number of ether oxygens (including phenoxy) is 2. The van der Waals surface area contributed by atoms with Crippen LogP contribution >= 0.6 is 0 Å². The first-order chi connectivity index (χ1) is 12.7. The number of nitrogens with one attached hydrogen (secondary N) is 1. The molecule has 3 unspecified atom stereocenters. The van der Waals surface area contributed by atoms with Crippen LogP contribution in [-0.4, -0.2) is 24.5 Å². The minimum absolute atomic E-state index is 0.128. The smallest absolute Gasteiger partial charge is 0.135 e. The van der Waals surface area contributed by atoms with E-state index in [-0.39, 0.29) is 11.8 Å². The van der Waals surface area contributed by atoms with Crippen LogP contribution in [0.5, 0.6) is 0 Å². The molecule has 3 nitrogen and oxygen atoms in total. The van der Waals surface area contributed by atoms with Crippen molar-refractivity contribution < 1.29 is 9.47 Å². The van der Waals surface area contributed by atoms with Crippen molar-refractivity contribution in [2.45, 2.75) is 111 Å². The normalized spacial score (nSPS) is 25.9. The highest BCUT2D eigenvalue weighted by Crippen LogP contribution is 2.34. The summed E-state index contributed by atoms with van der Waals surface area (Å²) in [6.45, 7) is 14.6. The molecular weight excluding hydrogens is 334 g/mol. The van der Waals surface area contributed by atoms with Crippen LogP contribution in [0.2, 0.25) is 0 Å². The van der Waals surface area contributed by atoms with E-state index in [1.54, 1.807) is 0 Å². The van der Waals surface area contributed by atoms with Gasteiger partial charge in [0, 0.05) is 5.54 Å². The first kappa shape index (κ1) is 22.5. The fourth-order valence-corrected chi connectivity index (χ4v) is 4.23. The van der Waals surface area contributed by atoms with E-state index in [9.17, 15) is 0 Å². The summed E-state index contributed by atoms with van der Waals surface area (Å²) in [6.07, 6.45) is 16.9. The van der Waals surface area contributed by atoms with Crippen LogP contribution in [0.25, 0.3) is 0 Å². The van der Waals surface area contributed by atoms with Crippen LogP contribution in [0.1, 0.15) is 92.9 Å². The number of hydrogen-bond donors (Lipinski definition) is 1. The van der Waals surface area contributed by atoms with Crippen molar-refractivity contribution in [3.63, 3.8) is 0 Å². The van der Waals surface area contributed by atoms with Crippen molar-refractivity contribution in [1.82, 2.24) is 5.32 Å². The highest BCUT2D eigenvalue weighted by molar-refractivity contribution is 5.15. The highest BCUT2D eigenvalue weighted by atomic mass is 16.6. The zero-order valence-electron chi connectivity index (χ0n) is 18.6. The number of epoxide rings is 1.